The fourth-order valence-electron chi connectivity index (χ4n) is 2.31. The second kappa shape index (κ2) is 8.71. The number of benzene rings is 2. The van der Waals surface area contributed by atoms with E-state index < -0.39 is 11.9 Å². The molecule has 0 spiro atoms. The minimum atomic E-state index is -0.571. The fraction of sp³-hybridized carbons (Fsp3) is 0.143. The zero-order valence-corrected chi connectivity index (χ0v) is 14.7. The monoisotopic (exact) mass is 366 g/mol. The molecular formula is C21H18O6. The van der Waals surface area contributed by atoms with Crippen LogP contribution in [0, 0.1) is 0 Å². The maximum atomic E-state index is 12.1. The summed E-state index contributed by atoms with van der Waals surface area (Å²) in [5.74, 6) is 0.354. The predicted molar refractivity (Wildman–Crippen MR) is 96.4 cm³/mol. The van der Waals surface area contributed by atoms with Crippen LogP contribution in [0.5, 0.6) is 5.75 Å². The molecular weight excluding hydrogens is 348 g/mol. The normalized spacial score (nSPS) is 10.3. The van der Waals surface area contributed by atoms with Crippen molar-refractivity contribution in [3.63, 3.8) is 0 Å². The zero-order valence-electron chi connectivity index (χ0n) is 14.7. The van der Waals surface area contributed by atoms with E-state index in [1.165, 1.54) is 7.11 Å². The Morgan fingerprint density at radius 2 is 1.59 bits per heavy atom. The summed E-state index contributed by atoms with van der Waals surface area (Å²) in [7, 11) is 1.32. The Kier molecular flexibility index (Phi) is 5.89. The number of esters is 2. The van der Waals surface area contributed by atoms with Crippen LogP contribution in [0.3, 0.4) is 0 Å². The molecule has 0 unspecified atom stereocenters. The number of hydrogen-bond donors (Lipinski definition) is 0. The van der Waals surface area contributed by atoms with E-state index in [0.717, 1.165) is 5.56 Å². The van der Waals surface area contributed by atoms with E-state index in [1.54, 1.807) is 36.4 Å². The molecule has 3 rings (SSSR count). The van der Waals surface area contributed by atoms with Gasteiger partial charge in [-0.15, -0.1) is 0 Å². The van der Waals surface area contributed by atoms with Crippen molar-refractivity contribution in [2.75, 3.05) is 7.11 Å². The number of para-hydroxylation sites is 1. The highest BCUT2D eigenvalue weighted by molar-refractivity contribution is 5.89. The Labute approximate surface area is 156 Å². The average molecular weight is 366 g/mol. The van der Waals surface area contributed by atoms with Gasteiger partial charge < -0.3 is 18.6 Å². The van der Waals surface area contributed by atoms with Crippen LogP contribution in [0.25, 0.3) is 0 Å². The van der Waals surface area contributed by atoms with Crippen molar-refractivity contribution in [3.05, 3.63) is 89.4 Å². The first-order chi connectivity index (χ1) is 13.2. The Hall–Kier alpha value is -3.54. The third-order valence-electron chi connectivity index (χ3n) is 3.73. The van der Waals surface area contributed by atoms with E-state index in [4.69, 9.17) is 13.9 Å². The van der Waals surface area contributed by atoms with Crippen LogP contribution >= 0.6 is 0 Å². The second-order valence-electron chi connectivity index (χ2n) is 5.63. The maximum Gasteiger partial charge on any atom is 0.374 e. The number of methoxy groups -OCH3 is 1. The molecule has 0 radical (unpaired) electrons. The lowest BCUT2D eigenvalue weighted by Crippen LogP contribution is -2.05. The van der Waals surface area contributed by atoms with E-state index in [-0.39, 0.29) is 19.0 Å². The largest absolute Gasteiger partial charge is 0.486 e. The predicted octanol–water partition coefficient (Wildman–Crippen LogP) is 4.00. The Morgan fingerprint density at radius 1 is 0.852 bits per heavy atom. The van der Waals surface area contributed by atoms with Gasteiger partial charge in [-0.25, -0.2) is 9.59 Å². The molecule has 0 aliphatic heterocycles. The average Bonchev–Trinajstić information content (AvgIpc) is 3.20. The van der Waals surface area contributed by atoms with Gasteiger partial charge in [-0.05, 0) is 42.0 Å². The van der Waals surface area contributed by atoms with E-state index in [1.807, 2.05) is 30.3 Å². The SMILES string of the molecule is COC(=O)c1ccc(COC(=O)c2ccc(COc3ccccc3)o2)cc1. The van der Waals surface area contributed by atoms with Gasteiger partial charge in [0, 0.05) is 0 Å². The molecule has 0 N–H and O–H groups in total. The van der Waals surface area contributed by atoms with E-state index >= 15 is 0 Å². The molecule has 1 heterocycles. The van der Waals surface area contributed by atoms with Crippen LogP contribution in [0.2, 0.25) is 0 Å². The van der Waals surface area contributed by atoms with Gasteiger partial charge in [0.05, 0.1) is 12.7 Å². The summed E-state index contributed by atoms with van der Waals surface area (Å²) in [6.45, 7) is 0.281. The van der Waals surface area contributed by atoms with Gasteiger partial charge in [-0.2, -0.15) is 0 Å². The molecule has 0 aliphatic rings. The first-order valence-corrected chi connectivity index (χ1v) is 8.26. The van der Waals surface area contributed by atoms with Crippen molar-refractivity contribution in [2.45, 2.75) is 13.2 Å². The minimum Gasteiger partial charge on any atom is -0.486 e. The zero-order chi connectivity index (χ0) is 19.1. The summed E-state index contributed by atoms with van der Waals surface area (Å²) in [5.41, 5.74) is 1.18. The lowest BCUT2D eigenvalue weighted by Gasteiger charge is -2.05. The van der Waals surface area contributed by atoms with Gasteiger partial charge in [-0.3, -0.25) is 0 Å². The summed E-state index contributed by atoms with van der Waals surface area (Å²) < 4.78 is 20.9. The van der Waals surface area contributed by atoms with E-state index in [0.29, 0.717) is 17.1 Å². The number of ether oxygens (including phenoxy) is 3. The van der Waals surface area contributed by atoms with E-state index in [9.17, 15) is 9.59 Å². The molecule has 3 aromatic rings. The summed E-state index contributed by atoms with van der Waals surface area (Å²) in [4.78, 5) is 23.5. The summed E-state index contributed by atoms with van der Waals surface area (Å²) in [6.07, 6.45) is 0. The van der Waals surface area contributed by atoms with Gasteiger partial charge in [0.25, 0.3) is 0 Å². The number of furan rings is 1. The number of hydrogen-bond acceptors (Lipinski definition) is 6. The number of carbonyl (C=O) groups is 2. The molecule has 0 saturated heterocycles. The molecule has 0 aliphatic carbocycles. The van der Waals surface area contributed by atoms with Crippen molar-refractivity contribution < 1.29 is 28.2 Å². The van der Waals surface area contributed by atoms with E-state index in [2.05, 4.69) is 4.74 Å². The van der Waals surface area contributed by atoms with Gasteiger partial charge in [-0.1, -0.05) is 30.3 Å². The summed E-state index contributed by atoms with van der Waals surface area (Å²) >= 11 is 0. The van der Waals surface area contributed by atoms with Crippen LogP contribution in [-0.2, 0) is 22.7 Å². The van der Waals surface area contributed by atoms with Crippen molar-refractivity contribution >= 4 is 11.9 Å². The molecule has 138 valence electrons. The minimum absolute atomic E-state index is 0.0663. The lowest BCUT2D eigenvalue weighted by atomic mass is 10.1. The highest BCUT2D eigenvalue weighted by atomic mass is 16.5. The molecule has 27 heavy (non-hydrogen) atoms. The van der Waals surface area contributed by atoms with Gasteiger partial charge in [0.2, 0.25) is 5.76 Å². The van der Waals surface area contributed by atoms with Gasteiger partial charge in [0.1, 0.15) is 24.7 Å². The second-order valence-corrected chi connectivity index (χ2v) is 5.63. The molecule has 0 bridgehead atoms. The molecule has 0 atom stereocenters. The quantitative estimate of drug-likeness (QED) is 0.588. The fourth-order valence-corrected chi connectivity index (χ4v) is 2.31. The van der Waals surface area contributed by atoms with Crippen LogP contribution in [0.15, 0.2) is 71.1 Å². The third-order valence-corrected chi connectivity index (χ3v) is 3.73. The van der Waals surface area contributed by atoms with Crippen LogP contribution < -0.4 is 4.74 Å². The topological polar surface area (TPSA) is 75.0 Å². The van der Waals surface area contributed by atoms with Crippen molar-refractivity contribution in [3.8, 4) is 5.75 Å². The standard InChI is InChI=1S/C21H18O6/c1-24-20(22)16-9-7-15(8-10-16)13-26-21(23)19-12-11-18(27-19)14-25-17-5-3-2-4-6-17/h2-12H,13-14H2,1H3. The first kappa shape index (κ1) is 18.3. The molecule has 6 nitrogen and oxygen atoms in total. The van der Waals surface area contributed by atoms with Gasteiger partial charge >= 0.3 is 11.9 Å². The first-order valence-electron chi connectivity index (χ1n) is 8.26. The third kappa shape index (κ3) is 4.98. The Balaban J connectivity index is 1.51. The summed E-state index contributed by atoms with van der Waals surface area (Å²) in [5, 5.41) is 0. The number of rotatable bonds is 7. The maximum absolute atomic E-state index is 12.1. The lowest BCUT2D eigenvalue weighted by molar-refractivity contribution is 0.0431. The Morgan fingerprint density at radius 3 is 2.30 bits per heavy atom. The van der Waals surface area contributed by atoms with Crippen molar-refractivity contribution in [1.29, 1.82) is 0 Å². The smallest absolute Gasteiger partial charge is 0.374 e. The van der Waals surface area contributed by atoms with Crippen molar-refractivity contribution in [1.82, 2.24) is 0 Å². The highest BCUT2D eigenvalue weighted by Crippen LogP contribution is 2.15. The van der Waals surface area contributed by atoms with Crippen LogP contribution in [0.4, 0.5) is 0 Å². The highest BCUT2D eigenvalue weighted by Gasteiger charge is 2.13. The van der Waals surface area contributed by atoms with Gasteiger partial charge in [0.15, 0.2) is 0 Å². The Bertz CT molecular complexity index is 896. The molecule has 0 fully saturated rings. The molecule has 0 saturated carbocycles. The van der Waals surface area contributed by atoms with Crippen LogP contribution in [-0.4, -0.2) is 19.0 Å². The molecule has 2 aromatic carbocycles. The number of carbonyl (C=O) groups excluding carboxylic acids is 2. The molecule has 0 amide bonds. The molecule has 6 heteroatoms. The van der Waals surface area contributed by atoms with Crippen molar-refractivity contribution in [2.24, 2.45) is 0 Å². The van der Waals surface area contributed by atoms with Crippen LogP contribution in [0.1, 0.15) is 32.2 Å². The molecule has 1 aromatic heterocycles. The summed E-state index contributed by atoms with van der Waals surface area (Å²) in [6, 6.07) is 19.2.